The lowest BCUT2D eigenvalue weighted by Crippen LogP contribution is -2.26. The molecule has 0 aliphatic heterocycles. The normalized spacial score (nSPS) is 11.4. The molecule has 49 heavy (non-hydrogen) atoms. The molecule has 0 bridgehead atoms. The minimum atomic E-state index is -1.05. The first-order valence-electron chi connectivity index (χ1n) is 15.0. The average Bonchev–Trinajstić information content (AvgIpc) is 3.06. The van der Waals surface area contributed by atoms with Crippen LogP contribution < -0.4 is 9.47 Å². The largest absolute Gasteiger partial charge is 0.479 e. The van der Waals surface area contributed by atoms with E-state index in [9.17, 15) is 22.8 Å². The van der Waals surface area contributed by atoms with Crippen molar-refractivity contribution in [3.05, 3.63) is 128 Å². The fourth-order valence-electron chi connectivity index (χ4n) is 3.44. The minimum Gasteiger partial charge on any atom is -0.479 e. The molecule has 7 nitrogen and oxygen atoms in total. The molecule has 0 heterocycles. The Bertz CT molecular complexity index is 1600. The van der Waals surface area contributed by atoms with E-state index in [1.165, 1.54) is 49.4 Å². The van der Waals surface area contributed by atoms with Crippen molar-refractivity contribution < 1.29 is 48.6 Å². The summed E-state index contributed by atoms with van der Waals surface area (Å²) in [4.78, 5) is 22.4. The number of carbonyl (C=O) groups excluding carboxylic acids is 1. The zero-order chi connectivity index (χ0) is 37.6. The molecule has 0 aliphatic carbocycles. The van der Waals surface area contributed by atoms with Crippen molar-refractivity contribution in [1.82, 2.24) is 0 Å². The number of aliphatic carboxylic acids is 1. The lowest BCUT2D eigenvalue weighted by Gasteiger charge is -2.15. The standard InChI is InChI=1S/C17H15Cl2FO3.C9H8Cl2O3.C8H9FO.CH3F/c1-11(23-16-7-4-13(18)10-15(16)19)17(21)22-9-8-12-2-5-14(20)6-3-12;1-5(9(12)13)14-8-3-2-6(10)4-7(8)11;9-8-3-1-7(2-4-8)5-6-10;1-2/h2-7,10-11H,8-9H2,1H3;2-5H,1H3,(H,12,13);1-4,10H,5-6H2;1H3/i;;;1D. The van der Waals surface area contributed by atoms with Gasteiger partial charge in [0.05, 0.1) is 25.2 Å². The molecular weight excluding hydrogens is 731 g/mol. The topological polar surface area (TPSA) is 102 Å². The number of ether oxygens (including phenoxy) is 3. The highest BCUT2D eigenvalue weighted by Crippen LogP contribution is 2.29. The second kappa shape index (κ2) is 23.6. The van der Waals surface area contributed by atoms with Gasteiger partial charge in [-0.3, -0.25) is 4.39 Å². The molecule has 0 saturated heterocycles. The summed E-state index contributed by atoms with van der Waals surface area (Å²) in [5.41, 5.74) is 1.84. The summed E-state index contributed by atoms with van der Waals surface area (Å²) in [6.07, 6.45) is -0.642. The van der Waals surface area contributed by atoms with E-state index in [1.54, 1.807) is 49.4 Å². The second-order valence-electron chi connectivity index (χ2n) is 9.65. The smallest absolute Gasteiger partial charge is 0.347 e. The number of rotatable bonds is 11. The van der Waals surface area contributed by atoms with Gasteiger partial charge >= 0.3 is 11.9 Å². The van der Waals surface area contributed by atoms with Crippen molar-refractivity contribution >= 4 is 58.3 Å². The van der Waals surface area contributed by atoms with E-state index in [4.69, 9.17) is 72.2 Å². The third-order valence-corrected chi connectivity index (χ3v) is 7.00. The molecule has 0 aromatic heterocycles. The average molecular weight is 767 g/mol. The first-order chi connectivity index (χ1) is 23.7. The zero-order valence-corrected chi connectivity index (χ0v) is 29.4. The molecule has 0 amide bonds. The number of aliphatic hydroxyl groups is 1. The van der Waals surface area contributed by atoms with Gasteiger partial charge in [-0.15, -0.1) is 0 Å². The summed E-state index contributed by atoms with van der Waals surface area (Å²) < 4.78 is 56.2. The monoisotopic (exact) mass is 765 g/mol. The van der Waals surface area contributed by atoms with Gasteiger partial charge in [-0.1, -0.05) is 70.7 Å². The SMILES string of the molecule is CC(Oc1ccc(Cl)cc1Cl)C(=O)O.CC(Oc1ccc(Cl)cc1Cl)C(=O)OCCc1ccc(F)cc1.OCCc1ccc(F)cc1.[2H]CF. The van der Waals surface area contributed by atoms with Crippen molar-refractivity contribution in [3.63, 3.8) is 0 Å². The van der Waals surface area contributed by atoms with Crippen molar-refractivity contribution in [1.29, 1.82) is 0 Å². The molecule has 0 saturated carbocycles. The number of carbonyl (C=O) groups is 2. The van der Waals surface area contributed by atoms with Crippen LogP contribution >= 0.6 is 46.4 Å². The van der Waals surface area contributed by atoms with Gasteiger partial charge in [-0.05, 0) is 92.1 Å². The van der Waals surface area contributed by atoms with E-state index in [2.05, 4.69) is 0 Å². The van der Waals surface area contributed by atoms with Crippen LogP contribution in [0.25, 0.3) is 0 Å². The Kier molecular flexibility index (Phi) is 20.0. The number of benzene rings is 4. The van der Waals surface area contributed by atoms with Gasteiger partial charge in [0.15, 0.2) is 12.2 Å². The fraction of sp³-hybridized carbons (Fsp3) is 0.257. The lowest BCUT2D eigenvalue weighted by atomic mass is 10.2. The Morgan fingerprint density at radius 2 is 1.14 bits per heavy atom. The summed E-state index contributed by atoms with van der Waals surface area (Å²) in [5.74, 6) is -1.41. The summed E-state index contributed by atoms with van der Waals surface area (Å²) in [7, 11) is -1.00. The number of alkyl halides is 1. The van der Waals surface area contributed by atoms with Crippen LogP contribution in [0.15, 0.2) is 84.9 Å². The highest BCUT2D eigenvalue weighted by atomic mass is 35.5. The van der Waals surface area contributed by atoms with Gasteiger partial charge in [-0.25, -0.2) is 18.4 Å². The third kappa shape index (κ3) is 17.5. The van der Waals surface area contributed by atoms with Crippen LogP contribution in [0.3, 0.4) is 0 Å². The molecule has 4 rings (SSSR count). The zero-order valence-electron chi connectivity index (χ0n) is 27.4. The molecule has 266 valence electrons. The van der Waals surface area contributed by atoms with Crippen LogP contribution in [0.4, 0.5) is 13.2 Å². The Morgan fingerprint density at radius 1 is 0.735 bits per heavy atom. The Labute approximate surface area is 304 Å². The minimum absolute atomic E-state index is 0.117. The summed E-state index contributed by atoms with van der Waals surface area (Å²) in [6.45, 7) is 3.30. The number of esters is 1. The maximum atomic E-state index is 12.8. The van der Waals surface area contributed by atoms with E-state index >= 15 is 0 Å². The molecule has 0 spiro atoms. The second-order valence-corrected chi connectivity index (χ2v) is 11.3. The van der Waals surface area contributed by atoms with Crippen LogP contribution in [0, 0.1) is 11.6 Å². The quantitative estimate of drug-likeness (QED) is 0.147. The van der Waals surface area contributed by atoms with Gasteiger partial charge in [-0.2, -0.15) is 0 Å². The number of halogens is 7. The molecule has 2 N–H and O–H groups in total. The Hall–Kier alpha value is -3.67. The van der Waals surface area contributed by atoms with Gasteiger partial charge in [0.2, 0.25) is 0 Å². The van der Waals surface area contributed by atoms with Gasteiger partial charge in [0.1, 0.15) is 23.1 Å². The Balaban J connectivity index is 0.000000393. The molecule has 14 heteroatoms. The van der Waals surface area contributed by atoms with E-state index in [-0.39, 0.29) is 24.8 Å². The summed E-state index contributed by atoms with van der Waals surface area (Å²) >= 11 is 23.2. The predicted molar refractivity (Wildman–Crippen MR) is 186 cm³/mol. The van der Waals surface area contributed by atoms with Gasteiger partial charge in [0.25, 0.3) is 0 Å². The van der Waals surface area contributed by atoms with Gasteiger partial charge in [0, 0.05) is 23.1 Å². The van der Waals surface area contributed by atoms with E-state index < -0.39 is 31.3 Å². The van der Waals surface area contributed by atoms with Crippen molar-refractivity contribution in [2.75, 3.05) is 20.4 Å². The number of aliphatic hydroxyl groups excluding tert-OH is 1. The molecule has 0 fully saturated rings. The van der Waals surface area contributed by atoms with Crippen molar-refractivity contribution in [2.24, 2.45) is 0 Å². The number of carboxylic acids is 1. The van der Waals surface area contributed by atoms with Gasteiger partial charge < -0.3 is 24.4 Å². The van der Waals surface area contributed by atoms with Crippen molar-refractivity contribution in [2.45, 2.75) is 38.9 Å². The first kappa shape index (κ1) is 41.5. The molecule has 4 aromatic rings. The molecule has 4 aromatic carbocycles. The van der Waals surface area contributed by atoms with Crippen LogP contribution in [0.5, 0.6) is 11.5 Å². The summed E-state index contributed by atoms with van der Waals surface area (Å²) in [5, 5.41) is 18.7. The van der Waals surface area contributed by atoms with E-state index in [0.29, 0.717) is 44.4 Å². The molecule has 0 radical (unpaired) electrons. The fourth-order valence-corrected chi connectivity index (χ4v) is 4.35. The maximum Gasteiger partial charge on any atom is 0.347 e. The first-order valence-corrected chi connectivity index (χ1v) is 15.8. The number of hydrogen-bond acceptors (Lipinski definition) is 6. The maximum absolute atomic E-state index is 12.8. The third-order valence-electron chi connectivity index (χ3n) is 5.94. The van der Waals surface area contributed by atoms with Crippen LogP contribution in [-0.2, 0) is 27.2 Å². The van der Waals surface area contributed by atoms with Crippen molar-refractivity contribution in [3.8, 4) is 11.5 Å². The van der Waals surface area contributed by atoms with E-state index in [1.807, 2.05) is 0 Å². The predicted octanol–water partition coefficient (Wildman–Crippen LogP) is 9.48. The van der Waals surface area contributed by atoms with Crippen LogP contribution in [-0.4, -0.2) is 54.7 Å². The number of hydrogen-bond donors (Lipinski definition) is 2. The Morgan fingerprint density at radius 3 is 1.53 bits per heavy atom. The molecule has 2 unspecified atom stereocenters. The highest BCUT2D eigenvalue weighted by molar-refractivity contribution is 6.36. The highest BCUT2D eigenvalue weighted by Gasteiger charge is 2.18. The van der Waals surface area contributed by atoms with Crippen LogP contribution in [0.1, 0.15) is 26.3 Å². The van der Waals surface area contributed by atoms with E-state index in [0.717, 1.165) is 11.1 Å². The molecular formula is C35H35Cl4F3O7. The van der Waals surface area contributed by atoms with Crippen LogP contribution in [0.2, 0.25) is 20.1 Å². The molecule has 2 atom stereocenters. The molecule has 0 aliphatic rings. The lowest BCUT2D eigenvalue weighted by molar-refractivity contribution is -0.151. The number of carboxylic acid groups (broad SMARTS) is 1. The summed E-state index contributed by atoms with van der Waals surface area (Å²) in [6, 6.07) is 21.5.